The summed E-state index contributed by atoms with van der Waals surface area (Å²) in [5.74, 6) is 0.306. The molecule has 3 aromatic carbocycles. The zero-order chi connectivity index (χ0) is 28.3. The minimum Gasteiger partial charge on any atom is -0.494 e. The number of piperazine rings is 1. The molecule has 0 saturated carbocycles. The molecule has 7 nitrogen and oxygen atoms in total. The van der Waals surface area contributed by atoms with Crippen molar-refractivity contribution >= 4 is 27.4 Å². The number of carbonyl (C=O) groups is 1. The van der Waals surface area contributed by atoms with Crippen LogP contribution >= 0.6 is 0 Å². The van der Waals surface area contributed by atoms with Gasteiger partial charge in [0.2, 0.25) is 0 Å². The second-order valence-electron chi connectivity index (χ2n) is 10.6. The zero-order valence-electron chi connectivity index (χ0n) is 23.4. The Morgan fingerprint density at radius 2 is 1.55 bits per heavy atom. The first-order chi connectivity index (χ1) is 19.2. The molecular weight excluding hydrogens is 522 g/mol. The largest absolute Gasteiger partial charge is 0.494 e. The van der Waals surface area contributed by atoms with Crippen LogP contribution in [-0.4, -0.2) is 51.4 Å². The molecule has 2 aliphatic rings. The summed E-state index contributed by atoms with van der Waals surface area (Å²) in [5.41, 5.74) is 8.22. The van der Waals surface area contributed by atoms with Crippen molar-refractivity contribution in [3.8, 4) is 5.75 Å². The second kappa shape index (κ2) is 11.9. The van der Waals surface area contributed by atoms with Crippen LogP contribution in [0.3, 0.4) is 0 Å². The second-order valence-corrected chi connectivity index (χ2v) is 12.3. The topological polar surface area (TPSA) is 78.9 Å². The summed E-state index contributed by atoms with van der Waals surface area (Å²) in [5, 5.41) is 0. The normalized spacial score (nSPS) is 15.7. The maximum absolute atomic E-state index is 13.4. The molecule has 1 fully saturated rings. The van der Waals surface area contributed by atoms with E-state index >= 15 is 0 Å². The van der Waals surface area contributed by atoms with Crippen molar-refractivity contribution in [1.29, 1.82) is 0 Å². The quantitative estimate of drug-likeness (QED) is 0.375. The van der Waals surface area contributed by atoms with Gasteiger partial charge in [0.05, 0.1) is 6.61 Å². The number of allylic oxidation sites excluding steroid dienone is 1. The van der Waals surface area contributed by atoms with E-state index in [9.17, 15) is 13.2 Å². The number of para-hydroxylation sites is 1. The number of aryl methyl sites for hydroxylation is 2. The molecule has 0 radical (unpaired) electrons. The molecule has 1 saturated heterocycles. The third kappa shape index (κ3) is 6.08. The summed E-state index contributed by atoms with van der Waals surface area (Å²) < 4.78 is 36.2. The van der Waals surface area contributed by atoms with Crippen molar-refractivity contribution in [3.05, 3.63) is 100 Å². The third-order valence-electron chi connectivity index (χ3n) is 8.01. The van der Waals surface area contributed by atoms with Gasteiger partial charge in [0.25, 0.3) is 5.91 Å². The summed E-state index contributed by atoms with van der Waals surface area (Å²) in [6, 6.07) is 22.0. The van der Waals surface area contributed by atoms with Gasteiger partial charge in [-0.05, 0) is 91.3 Å². The van der Waals surface area contributed by atoms with E-state index in [0.717, 1.165) is 28.1 Å². The summed E-state index contributed by atoms with van der Waals surface area (Å²) in [7, 11) is -3.96. The standard InChI is InChI=1S/C32H37N3O4S/c1-23-20-28(21-24(2)25(23)3)39-19-9-14-30-29-13-8-7-10-26(29)22-31(30)32(36)33-40(37,38)35-17-15-34(16-18-35)27-11-5-4-6-12-27/h4-8,10-13,20-21H,9,14-19,22H2,1-3H3,(H,33,36). The Labute approximate surface area is 237 Å². The Morgan fingerprint density at radius 3 is 2.25 bits per heavy atom. The number of hydrogen-bond donors (Lipinski definition) is 1. The lowest BCUT2D eigenvalue weighted by Gasteiger charge is -2.35. The number of ether oxygens (including phenoxy) is 1. The van der Waals surface area contributed by atoms with E-state index in [4.69, 9.17) is 4.74 Å². The lowest BCUT2D eigenvalue weighted by atomic mass is 10.0. The molecule has 0 atom stereocenters. The monoisotopic (exact) mass is 559 g/mol. The molecule has 40 heavy (non-hydrogen) atoms. The van der Waals surface area contributed by atoms with Gasteiger partial charge in [-0.25, -0.2) is 4.72 Å². The molecule has 1 heterocycles. The van der Waals surface area contributed by atoms with Gasteiger partial charge in [-0.3, -0.25) is 4.79 Å². The Kier molecular flexibility index (Phi) is 8.28. The average molecular weight is 560 g/mol. The van der Waals surface area contributed by atoms with Gasteiger partial charge >= 0.3 is 10.2 Å². The molecule has 5 rings (SSSR count). The Bertz CT molecular complexity index is 1500. The van der Waals surface area contributed by atoms with Crippen LogP contribution < -0.4 is 14.4 Å². The molecule has 0 aromatic heterocycles. The first kappa shape index (κ1) is 27.9. The SMILES string of the molecule is Cc1cc(OCCCC2=C(C(=O)NS(=O)(=O)N3CCN(c4ccccc4)CC3)Cc3ccccc32)cc(C)c1C. The third-order valence-corrected chi connectivity index (χ3v) is 9.50. The average Bonchev–Trinajstić information content (AvgIpc) is 3.33. The van der Waals surface area contributed by atoms with Crippen molar-refractivity contribution in [3.63, 3.8) is 0 Å². The van der Waals surface area contributed by atoms with E-state index in [2.05, 4.69) is 42.5 Å². The highest BCUT2D eigenvalue weighted by Gasteiger charge is 2.32. The molecule has 0 bridgehead atoms. The lowest BCUT2D eigenvalue weighted by Crippen LogP contribution is -2.53. The number of fused-ring (bicyclic) bond motifs is 1. The van der Waals surface area contributed by atoms with Crippen LogP contribution in [0.5, 0.6) is 5.75 Å². The van der Waals surface area contributed by atoms with Crippen LogP contribution in [0.2, 0.25) is 0 Å². The molecule has 1 aliphatic heterocycles. The molecule has 0 unspecified atom stereocenters. The van der Waals surface area contributed by atoms with Crippen LogP contribution in [0, 0.1) is 20.8 Å². The smallest absolute Gasteiger partial charge is 0.304 e. The molecular formula is C32H37N3O4S. The fourth-order valence-electron chi connectivity index (χ4n) is 5.52. The van der Waals surface area contributed by atoms with Crippen molar-refractivity contribution < 1.29 is 17.9 Å². The minimum absolute atomic E-state index is 0.318. The van der Waals surface area contributed by atoms with Crippen molar-refractivity contribution in [2.45, 2.75) is 40.0 Å². The number of nitrogens with one attached hydrogen (secondary N) is 1. The van der Waals surface area contributed by atoms with E-state index in [1.807, 2.05) is 54.6 Å². The number of carbonyl (C=O) groups excluding carboxylic acids is 1. The van der Waals surface area contributed by atoms with Gasteiger partial charge < -0.3 is 9.64 Å². The lowest BCUT2D eigenvalue weighted by molar-refractivity contribution is -0.115. The van der Waals surface area contributed by atoms with Crippen LogP contribution in [0.1, 0.15) is 40.7 Å². The zero-order valence-corrected chi connectivity index (χ0v) is 24.3. The Balaban J connectivity index is 1.24. The van der Waals surface area contributed by atoms with Gasteiger partial charge in [0.15, 0.2) is 0 Å². The number of benzene rings is 3. The number of nitrogens with zero attached hydrogens (tertiary/aromatic N) is 2. The first-order valence-electron chi connectivity index (χ1n) is 13.9. The summed E-state index contributed by atoms with van der Waals surface area (Å²) in [4.78, 5) is 15.6. The number of rotatable bonds is 9. The van der Waals surface area contributed by atoms with Crippen molar-refractivity contribution in [1.82, 2.24) is 9.03 Å². The van der Waals surface area contributed by atoms with Gasteiger partial charge in [0, 0.05) is 43.9 Å². The molecule has 1 amide bonds. The van der Waals surface area contributed by atoms with Crippen LogP contribution in [0.4, 0.5) is 5.69 Å². The number of hydrogen-bond acceptors (Lipinski definition) is 5. The number of amides is 1. The summed E-state index contributed by atoms with van der Waals surface area (Å²) >= 11 is 0. The molecule has 3 aromatic rings. The van der Waals surface area contributed by atoms with E-state index in [1.54, 1.807) is 0 Å². The number of anilines is 1. The highest BCUT2D eigenvalue weighted by molar-refractivity contribution is 7.87. The predicted molar refractivity (Wildman–Crippen MR) is 160 cm³/mol. The summed E-state index contributed by atoms with van der Waals surface area (Å²) in [6.45, 7) is 8.55. The van der Waals surface area contributed by atoms with Crippen LogP contribution in [0.25, 0.3) is 5.57 Å². The van der Waals surface area contributed by atoms with Crippen LogP contribution in [-0.2, 0) is 21.4 Å². The van der Waals surface area contributed by atoms with Crippen LogP contribution in [0.15, 0.2) is 72.3 Å². The van der Waals surface area contributed by atoms with Gasteiger partial charge in [-0.1, -0.05) is 42.5 Å². The minimum atomic E-state index is -3.96. The fourth-order valence-corrected chi connectivity index (χ4v) is 6.65. The van der Waals surface area contributed by atoms with Crippen molar-refractivity contribution in [2.24, 2.45) is 0 Å². The van der Waals surface area contributed by atoms with Gasteiger partial charge in [0.1, 0.15) is 5.75 Å². The highest BCUT2D eigenvalue weighted by Crippen LogP contribution is 2.36. The Morgan fingerprint density at radius 1 is 0.900 bits per heavy atom. The fraction of sp³-hybridized carbons (Fsp3) is 0.344. The predicted octanol–water partition coefficient (Wildman–Crippen LogP) is 4.96. The molecule has 210 valence electrons. The van der Waals surface area contributed by atoms with E-state index in [-0.39, 0.29) is 0 Å². The molecule has 8 heteroatoms. The maximum Gasteiger partial charge on any atom is 0.304 e. The van der Waals surface area contributed by atoms with Gasteiger partial charge in [-0.15, -0.1) is 0 Å². The van der Waals surface area contributed by atoms with Gasteiger partial charge in [-0.2, -0.15) is 12.7 Å². The molecule has 1 N–H and O–H groups in total. The molecule has 1 aliphatic carbocycles. The maximum atomic E-state index is 13.4. The molecule has 0 spiro atoms. The van der Waals surface area contributed by atoms with E-state index in [0.29, 0.717) is 57.6 Å². The Hall–Kier alpha value is -3.62. The highest BCUT2D eigenvalue weighted by atomic mass is 32.2. The van der Waals surface area contributed by atoms with E-state index < -0.39 is 16.1 Å². The van der Waals surface area contributed by atoms with E-state index in [1.165, 1.54) is 21.0 Å². The van der Waals surface area contributed by atoms with Crippen molar-refractivity contribution in [2.75, 3.05) is 37.7 Å². The summed E-state index contributed by atoms with van der Waals surface area (Å²) in [6.07, 6.45) is 1.76. The first-order valence-corrected chi connectivity index (χ1v) is 15.3.